The highest BCUT2D eigenvalue weighted by atomic mass is 16.6. The molecule has 0 radical (unpaired) electrons. The van der Waals surface area contributed by atoms with Gasteiger partial charge in [-0.1, -0.05) is 25.1 Å². The van der Waals surface area contributed by atoms with Crippen LogP contribution in [0.2, 0.25) is 0 Å². The van der Waals surface area contributed by atoms with Crippen molar-refractivity contribution < 1.29 is 9.53 Å². The number of hydrogen-bond donors (Lipinski definition) is 1. The molecule has 1 aliphatic rings. The zero-order valence-corrected chi connectivity index (χ0v) is 12.6. The lowest BCUT2D eigenvalue weighted by Gasteiger charge is -2.34. The predicted molar refractivity (Wildman–Crippen MR) is 81.1 cm³/mol. The minimum absolute atomic E-state index is 0.0920. The smallest absolute Gasteiger partial charge is 0.414 e. The summed E-state index contributed by atoms with van der Waals surface area (Å²) < 4.78 is 5.33. The van der Waals surface area contributed by atoms with Crippen LogP contribution >= 0.6 is 0 Å². The second-order valence-electron chi connectivity index (χ2n) is 5.44. The maximum absolute atomic E-state index is 12.2. The van der Waals surface area contributed by atoms with Gasteiger partial charge in [0, 0.05) is 12.6 Å². The summed E-state index contributed by atoms with van der Waals surface area (Å²) in [5.41, 5.74) is 2.16. The van der Waals surface area contributed by atoms with Crippen LogP contribution in [-0.2, 0) is 4.74 Å². The lowest BCUT2D eigenvalue weighted by Crippen LogP contribution is -2.40. The van der Waals surface area contributed by atoms with Crippen molar-refractivity contribution in [1.29, 1.82) is 0 Å². The highest BCUT2D eigenvalue weighted by Crippen LogP contribution is 2.34. The topological polar surface area (TPSA) is 41.6 Å². The first-order valence-electron chi connectivity index (χ1n) is 7.44. The van der Waals surface area contributed by atoms with Crippen LogP contribution in [0.5, 0.6) is 0 Å². The van der Waals surface area contributed by atoms with Crippen molar-refractivity contribution in [1.82, 2.24) is 5.32 Å². The predicted octanol–water partition coefficient (Wildman–Crippen LogP) is 3.48. The number of anilines is 1. The van der Waals surface area contributed by atoms with Gasteiger partial charge in [-0.25, -0.2) is 4.79 Å². The first kappa shape index (κ1) is 14.9. The first-order chi connectivity index (χ1) is 9.63. The van der Waals surface area contributed by atoms with Crippen molar-refractivity contribution in [3.63, 3.8) is 0 Å². The molecule has 110 valence electrons. The molecule has 1 N–H and O–H groups in total. The van der Waals surface area contributed by atoms with E-state index in [1.165, 1.54) is 5.56 Å². The number of carbonyl (C=O) groups excluding carboxylic acids is 1. The molecule has 1 unspecified atom stereocenters. The van der Waals surface area contributed by atoms with Crippen LogP contribution in [0.3, 0.4) is 0 Å². The van der Waals surface area contributed by atoms with Crippen molar-refractivity contribution in [2.75, 3.05) is 18.0 Å². The molecule has 0 aliphatic carbocycles. The Morgan fingerprint density at radius 3 is 2.90 bits per heavy atom. The summed E-state index contributed by atoms with van der Waals surface area (Å²) in [5.74, 6) is 0. The van der Waals surface area contributed by atoms with E-state index in [0.29, 0.717) is 12.6 Å². The largest absolute Gasteiger partial charge is 0.446 e. The minimum atomic E-state index is -0.249. The van der Waals surface area contributed by atoms with Gasteiger partial charge in [0.05, 0.1) is 11.8 Å². The lowest BCUT2D eigenvalue weighted by atomic mass is 9.96. The summed E-state index contributed by atoms with van der Waals surface area (Å²) in [6, 6.07) is 8.41. The zero-order chi connectivity index (χ0) is 14.5. The molecule has 1 atom stereocenters. The number of carbonyl (C=O) groups is 1. The Kier molecular flexibility index (Phi) is 5.01. The summed E-state index contributed by atoms with van der Waals surface area (Å²) in [4.78, 5) is 13.9. The van der Waals surface area contributed by atoms with Crippen molar-refractivity contribution in [2.24, 2.45) is 0 Å². The number of nitrogens with zero attached hydrogens (tertiary/aromatic N) is 1. The molecule has 0 bridgehead atoms. The third-order valence-electron chi connectivity index (χ3n) is 3.44. The molecular weight excluding hydrogens is 252 g/mol. The van der Waals surface area contributed by atoms with Gasteiger partial charge in [0.15, 0.2) is 0 Å². The van der Waals surface area contributed by atoms with Gasteiger partial charge in [0.2, 0.25) is 0 Å². The van der Waals surface area contributed by atoms with E-state index in [1.54, 1.807) is 4.90 Å². The molecule has 1 amide bonds. The Morgan fingerprint density at radius 2 is 2.20 bits per heavy atom. The molecule has 4 heteroatoms. The van der Waals surface area contributed by atoms with Crippen LogP contribution in [0.4, 0.5) is 10.5 Å². The summed E-state index contributed by atoms with van der Waals surface area (Å²) in [6.07, 6.45) is 1.69. The van der Waals surface area contributed by atoms with Gasteiger partial charge < -0.3 is 10.1 Å². The number of rotatable bonds is 4. The monoisotopic (exact) mass is 276 g/mol. The number of hydrogen-bond acceptors (Lipinski definition) is 3. The lowest BCUT2D eigenvalue weighted by molar-refractivity contribution is 0.122. The molecular formula is C16H24N2O2. The molecule has 0 fully saturated rings. The van der Waals surface area contributed by atoms with E-state index in [4.69, 9.17) is 4.74 Å². The normalized spacial score (nSPS) is 18.0. The molecule has 1 heterocycles. The van der Waals surface area contributed by atoms with E-state index in [0.717, 1.165) is 25.1 Å². The summed E-state index contributed by atoms with van der Waals surface area (Å²) in [7, 11) is 0. The zero-order valence-electron chi connectivity index (χ0n) is 12.6. The Bertz CT molecular complexity index is 460. The Balaban J connectivity index is 2.20. The fourth-order valence-corrected chi connectivity index (χ4v) is 2.55. The van der Waals surface area contributed by atoms with Crippen molar-refractivity contribution in [3.8, 4) is 0 Å². The van der Waals surface area contributed by atoms with Gasteiger partial charge in [0.25, 0.3) is 0 Å². The summed E-state index contributed by atoms with van der Waals surface area (Å²) >= 11 is 0. The molecule has 1 aliphatic heterocycles. The van der Waals surface area contributed by atoms with Gasteiger partial charge >= 0.3 is 6.09 Å². The number of ether oxygens (including phenoxy) is 1. The van der Waals surface area contributed by atoms with E-state index in [9.17, 15) is 4.79 Å². The Hall–Kier alpha value is -1.55. The first-order valence-corrected chi connectivity index (χ1v) is 7.44. The Labute approximate surface area is 121 Å². The number of benzene rings is 1. The van der Waals surface area contributed by atoms with Crippen molar-refractivity contribution in [2.45, 2.75) is 45.8 Å². The molecule has 0 saturated carbocycles. The van der Waals surface area contributed by atoms with E-state index in [1.807, 2.05) is 32.0 Å². The van der Waals surface area contributed by atoms with E-state index in [-0.39, 0.29) is 12.2 Å². The van der Waals surface area contributed by atoms with Crippen LogP contribution in [0.25, 0.3) is 0 Å². The number of nitrogens with one attached hydrogen (secondary N) is 1. The Morgan fingerprint density at radius 1 is 1.45 bits per heavy atom. The number of para-hydroxylation sites is 1. The average Bonchev–Trinajstić information content (AvgIpc) is 2.43. The van der Waals surface area contributed by atoms with Crippen molar-refractivity contribution in [3.05, 3.63) is 29.8 Å². The van der Waals surface area contributed by atoms with Crippen LogP contribution < -0.4 is 10.2 Å². The second kappa shape index (κ2) is 6.75. The standard InChI is InChI=1S/C16H24N2O2/c1-4-10-17-14-9-11-18(16(19)20-12(2)3)15-8-6-5-7-13(14)15/h5-8,12,14,17H,4,9-11H2,1-3H3. The molecule has 2 rings (SSSR count). The SMILES string of the molecule is CCCNC1CCN(C(=O)OC(C)C)c2ccccc21. The quantitative estimate of drug-likeness (QED) is 0.915. The van der Waals surface area contributed by atoms with Gasteiger partial charge in [-0.2, -0.15) is 0 Å². The highest BCUT2D eigenvalue weighted by Gasteiger charge is 2.29. The average molecular weight is 276 g/mol. The van der Waals surface area contributed by atoms with Crippen molar-refractivity contribution >= 4 is 11.8 Å². The fraction of sp³-hybridized carbons (Fsp3) is 0.562. The van der Waals surface area contributed by atoms with Gasteiger partial charge in [-0.15, -0.1) is 0 Å². The molecule has 1 aromatic carbocycles. The maximum atomic E-state index is 12.2. The van der Waals surface area contributed by atoms with Crippen LogP contribution in [0, 0.1) is 0 Å². The van der Waals surface area contributed by atoms with E-state index in [2.05, 4.69) is 18.3 Å². The highest BCUT2D eigenvalue weighted by molar-refractivity contribution is 5.89. The minimum Gasteiger partial charge on any atom is -0.446 e. The van der Waals surface area contributed by atoms with Crippen LogP contribution in [0.15, 0.2) is 24.3 Å². The molecule has 0 saturated heterocycles. The fourth-order valence-electron chi connectivity index (χ4n) is 2.55. The van der Waals surface area contributed by atoms with Gasteiger partial charge in [0.1, 0.15) is 0 Å². The third-order valence-corrected chi connectivity index (χ3v) is 3.44. The molecule has 20 heavy (non-hydrogen) atoms. The molecule has 0 aromatic heterocycles. The van der Waals surface area contributed by atoms with Crippen LogP contribution in [0.1, 0.15) is 45.2 Å². The molecule has 1 aromatic rings. The summed E-state index contributed by atoms with van der Waals surface area (Å²) in [6.45, 7) is 7.60. The van der Waals surface area contributed by atoms with Gasteiger partial charge in [-0.05, 0) is 44.9 Å². The van der Waals surface area contributed by atoms with E-state index < -0.39 is 0 Å². The molecule has 0 spiro atoms. The maximum Gasteiger partial charge on any atom is 0.414 e. The number of amides is 1. The summed E-state index contributed by atoms with van der Waals surface area (Å²) in [5, 5.41) is 3.55. The molecule has 4 nitrogen and oxygen atoms in total. The third kappa shape index (κ3) is 3.31. The second-order valence-corrected chi connectivity index (χ2v) is 5.44. The van der Waals surface area contributed by atoms with E-state index >= 15 is 0 Å². The number of fused-ring (bicyclic) bond motifs is 1. The van der Waals surface area contributed by atoms with Gasteiger partial charge in [-0.3, -0.25) is 4.90 Å². The van der Waals surface area contributed by atoms with Crippen LogP contribution in [-0.4, -0.2) is 25.3 Å².